The van der Waals surface area contributed by atoms with E-state index in [2.05, 4.69) is 37.8 Å². The van der Waals surface area contributed by atoms with Crippen molar-refractivity contribution in [2.75, 3.05) is 6.54 Å². The third-order valence-corrected chi connectivity index (χ3v) is 3.18. The lowest BCUT2D eigenvalue weighted by molar-refractivity contribution is 0.372. The summed E-state index contributed by atoms with van der Waals surface area (Å²) in [4.78, 5) is 4.17. The fourth-order valence-electron chi connectivity index (χ4n) is 2.16. The van der Waals surface area contributed by atoms with Crippen molar-refractivity contribution in [2.24, 2.45) is 0 Å². The van der Waals surface area contributed by atoms with E-state index in [4.69, 9.17) is 4.52 Å². The Balaban J connectivity index is 1.55. The van der Waals surface area contributed by atoms with Gasteiger partial charge in [-0.15, -0.1) is 0 Å². The molecule has 0 bridgehead atoms. The lowest BCUT2D eigenvalue weighted by Gasteiger charge is -2.04. The zero-order chi connectivity index (χ0) is 14.5. The van der Waals surface area contributed by atoms with Gasteiger partial charge in [-0.2, -0.15) is 10.1 Å². The highest BCUT2D eigenvalue weighted by atomic mass is 16.5. The van der Waals surface area contributed by atoms with Gasteiger partial charge in [0.15, 0.2) is 5.82 Å². The summed E-state index contributed by atoms with van der Waals surface area (Å²) in [5.41, 5.74) is 3.33. The van der Waals surface area contributed by atoms with Crippen molar-refractivity contribution < 1.29 is 4.52 Å². The first-order valence-corrected chi connectivity index (χ1v) is 6.90. The Morgan fingerprint density at radius 3 is 2.86 bits per heavy atom. The number of aromatic amines is 1. The highest BCUT2D eigenvalue weighted by Crippen LogP contribution is 2.20. The molecule has 3 aromatic rings. The second-order valence-electron chi connectivity index (χ2n) is 4.80. The van der Waals surface area contributed by atoms with Gasteiger partial charge in [-0.1, -0.05) is 35.5 Å². The van der Waals surface area contributed by atoms with Crippen LogP contribution in [-0.2, 0) is 13.0 Å². The highest BCUT2D eigenvalue weighted by Gasteiger charge is 2.07. The van der Waals surface area contributed by atoms with E-state index in [1.165, 1.54) is 0 Å². The van der Waals surface area contributed by atoms with Crippen LogP contribution in [0.4, 0.5) is 0 Å². The molecule has 0 amide bonds. The number of nitrogens with one attached hydrogen (secondary N) is 2. The SMILES string of the molecule is Cc1noc(CCNCc2cn[nH]c2-c2ccccc2)n1. The molecule has 0 saturated heterocycles. The molecule has 0 aliphatic heterocycles. The van der Waals surface area contributed by atoms with E-state index in [0.717, 1.165) is 36.3 Å². The molecule has 0 aliphatic rings. The third kappa shape index (κ3) is 3.35. The molecule has 2 heterocycles. The number of nitrogens with zero attached hydrogens (tertiary/aromatic N) is 3. The maximum absolute atomic E-state index is 5.07. The fraction of sp³-hybridized carbons (Fsp3) is 0.267. The maximum atomic E-state index is 5.07. The van der Waals surface area contributed by atoms with Gasteiger partial charge >= 0.3 is 0 Å². The molecule has 2 N–H and O–H groups in total. The Morgan fingerprint density at radius 2 is 2.10 bits per heavy atom. The molecule has 2 aromatic heterocycles. The zero-order valence-corrected chi connectivity index (χ0v) is 11.8. The van der Waals surface area contributed by atoms with E-state index < -0.39 is 0 Å². The molecule has 0 unspecified atom stereocenters. The molecule has 21 heavy (non-hydrogen) atoms. The largest absolute Gasteiger partial charge is 0.339 e. The first-order chi connectivity index (χ1) is 10.3. The van der Waals surface area contributed by atoms with E-state index in [0.29, 0.717) is 11.7 Å². The van der Waals surface area contributed by atoms with Crippen molar-refractivity contribution in [3.63, 3.8) is 0 Å². The third-order valence-electron chi connectivity index (χ3n) is 3.18. The summed E-state index contributed by atoms with van der Waals surface area (Å²) < 4.78 is 5.07. The van der Waals surface area contributed by atoms with Gasteiger partial charge in [-0.3, -0.25) is 5.10 Å². The Labute approximate surface area is 122 Å². The van der Waals surface area contributed by atoms with Gasteiger partial charge in [-0.05, 0) is 12.5 Å². The van der Waals surface area contributed by atoms with E-state index in [1.54, 1.807) is 0 Å². The number of aromatic nitrogens is 4. The number of hydrogen-bond acceptors (Lipinski definition) is 5. The van der Waals surface area contributed by atoms with Crippen LogP contribution in [0, 0.1) is 6.92 Å². The van der Waals surface area contributed by atoms with Gasteiger partial charge in [0, 0.05) is 25.1 Å². The summed E-state index contributed by atoms with van der Waals surface area (Å²) >= 11 is 0. The van der Waals surface area contributed by atoms with E-state index in [-0.39, 0.29) is 0 Å². The molecule has 108 valence electrons. The average Bonchev–Trinajstić information content (AvgIpc) is 3.13. The molecular formula is C15H17N5O. The van der Waals surface area contributed by atoms with Gasteiger partial charge < -0.3 is 9.84 Å². The lowest BCUT2D eigenvalue weighted by atomic mass is 10.1. The molecule has 0 fully saturated rings. The maximum Gasteiger partial charge on any atom is 0.227 e. The minimum Gasteiger partial charge on any atom is -0.339 e. The average molecular weight is 283 g/mol. The number of hydrogen-bond donors (Lipinski definition) is 2. The van der Waals surface area contributed by atoms with Crippen LogP contribution in [0.3, 0.4) is 0 Å². The molecular weight excluding hydrogens is 266 g/mol. The van der Waals surface area contributed by atoms with Crippen LogP contribution in [0.15, 0.2) is 41.1 Å². The first-order valence-electron chi connectivity index (χ1n) is 6.90. The minimum absolute atomic E-state index is 0.662. The van der Waals surface area contributed by atoms with Crippen molar-refractivity contribution in [3.05, 3.63) is 53.8 Å². The minimum atomic E-state index is 0.662. The van der Waals surface area contributed by atoms with Crippen molar-refractivity contribution in [1.29, 1.82) is 0 Å². The monoisotopic (exact) mass is 283 g/mol. The summed E-state index contributed by atoms with van der Waals surface area (Å²) in [6.07, 6.45) is 2.57. The van der Waals surface area contributed by atoms with Crippen molar-refractivity contribution in [3.8, 4) is 11.3 Å². The topological polar surface area (TPSA) is 79.6 Å². The highest BCUT2D eigenvalue weighted by molar-refractivity contribution is 5.62. The van der Waals surface area contributed by atoms with E-state index >= 15 is 0 Å². The van der Waals surface area contributed by atoms with Gasteiger partial charge in [0.05, 0.1) is 11.9 Å². The standard InChI is InChI=1S/C15H17N5O/c1-11-18-14(21-20-11)7-8-16-9-13-10-17-19-15(13)12-5-3-2-4-6-12/h2-6,10,16H,7-9H2,1H3,(H,17,19). The van der Waals surface area contributed by atoms with Crippen LogP contribution in [0.1, 0.15) is 17.3 Å². The summed E-state index contributed by atoms with van der Waals surface area (Å²) in [5.74, 6) is 1.33. The predicted molar refractivity (Wildman–Crippen MR) is 78.5 cm³/mol. The van der Waals surface area contributed by atoms with Crippen LogP contribution < -0.4 is 5.32 Å². The summed E-state index contributed by atoms with van der Waals surface area (Å²) in [5, 5.41) is 14.3. The fourth-order valence-corrected chi connectivity index (χ4v) is 2.16. The van der Waals surface area contributed by atoms with Gasteiger partial charge in [0.25, 0.3) is 0 Å². The molecule has 1 aromatic carbocycles. The molecule has 0 aliphatic carbocycles. The summed E-state index contributed by atoms with van der Waals surface area (Å²) in [6.45, 7) is 3.34. The normalized spacial score (nSPS) is 10.9. The zero-order valence-electron chi connectivity index (χ0n) is 11.8. The smallest absolute Gasteiger partial charge is 0.227 e. The summed E-state index contributed by atoms with van der Waals surface area (Å²) in [7, 11) is 0. The van der Waals surface area contributed by atoms with Gasteiger partial charge in [0.2, 0.25) is 5.89 Å². The van der Waals surface area contributed by atoms with Crippen LogP contribution in [0.5, 0.6) is 0 Å². The van der Waals surface area contributed by atoms with Crippen molar-refractivity contribution in [2.45, 2.75) is 19.9 Å². The number of aryl methyl sites for hydroxylation is 1. The Hall–Kier alpha value is -2.47. The quantitative estimate of drug-likeness (QED) is 0.677. The Morgan fingerprint density at radius 1 is 1.24 bits per heavy atom. The number of H-pyrrole nitrogens is 1. The Bertz CT molecular complexity index is 689. The molecule has 0 spiro atoms. The van der Waals surface area contributed by atoms with Crippen LogP contribution in [-0.4, -0.2) is 26.9 Å². The molecule has 0 atom stereocenters. The first kappa shape index (κ1) is 13.5. The van der Waals surface area contributed by atoms with Crippen LogP contribution in [0.25, 0.3) is 11.3 Å². The van der Waals surface area contributed by atoms with Crippen molar-refractivity contribution in [1.82, 2.24) is 25.7 Å². The van der Waals surface area contributed by atoms with E-state index in [1.807, 2.05) is 31.3 Å². The van der Waals surface area contributed by atoms with Crippen LogP contribution in [0.2, 0.25) is 0 Å². The molecule has 0 saturated carbocycles. The molecule has 6 nitrogen and oxygen atoms in total. The molecule has 3 rings (SSSR count). The second kappa shape index (κ2) is 6.32. The predicted octanol–water partition coefficient (Wildman–Crippen LogP) is 2.10. The molecule has 6 heteroatoms. The number of rotatable bonds is 6. The second-order valence-corrected chi connectivity index (χ2v) is 4.80. The van der Waals surface area contributed by atoms with Gasteiger partial charge in [0.1, 0.15) is 0 Å². The van der Waals surface area contributed by atoms with Crippen molar-refractivity contribution >= 4 is 0 Å². The lowest BCUT2D eigenvalue weighted by Crippen LogP contribution is -2.17. The number of benzene rings is 1. The summed E-state index contributed by atoms with van der Waals surface area (Å²) in [6, 6.07) is 10.2. The van der Waals surface area contributed by atoms with E-state index in [9.17, 15) is 0 Å². The molecule has 0 radical (unpaired) electrons. The van der Waals surface area contributed by atoms with Crippen LogP contribution >= 0.6 is 0 Å². The van der Waals surface area contributed by atoms with Gasteiger partial charge in [-0.25, -0.2) is 0 Å². The Kier molecular flexibility index (Phi) is 4.07.